The van der Waals surface area contributed by atoms with E-state index >= 15 is 0 Å². The highest BCUT2D eigenvalue weighted by Crippen LogP contribution is 2.18. The smallest absolute Gasteiger partial charge is 0.321 e. The van der Waals surface area contributed by atoms with E-state index in [1.807, 2.05) is 48.2 Å². The van der Waals surface area contributed by atoms with Gasteiger partial charge in [-0.3, -0.25) is 0 Å². The lowest BCUT2D eigenvalue weighted by Gasteiger charge is -2.28. The largest absolute Gasteiger partial charge is 0.378 e. The fourth-order valence-corrected chi connectivity index (χ4v) is 2.07. The highest BCUT2D eigenvalue weighted by Gasteiger charge is 2.17. The molecule has 2 amide bonds. The SMILES string of the molecule is C=C1CCN(C(=O)Nc2ccc(N(C)C)cc2)CC1. The zero-order valence-corrected chi connectivity index (χ0v) is 11.6. The van der Waals surface area contributed by atoms with Gasteiger partial charge in [0.2, 0.25) is 0 Å². The molecule has 1 aliphatic heterocycles. The summed E-state index contributed by atoms with van der Waals surface area (Å²) in [6.45, 7) is 5.48. The van der Waals surface area contributed by atoms with Crippen LogP contribution in [0.2, 0.25) is 0 Å². The molecule has 0 bridgehead atoms. The van der Waals surface area contributed by atoms with E-state index in [2.05, 4.69) is 11.9 Å². The Balaban J connectivity index is 1.93. The first-order valence-electron chi connectivity index (χ1n) is 6.56. The predicted octanol–water partition coefficient (Wildman–Crippen LogP) is 2.94. The maximum atomic E-state index is 12.1. The highest BCUT2D eigenvalue weighted by atomic mass is 16.2. The number of anilines is 2. The molecule has 19 heavy (non-hydrogen) atoms. The highest BCUT2D eigenvalue weighted by molar-refractivity contribution is 5.89. The lowest BCUT2D eigenvalue weighted by Crippen LogP contribution is -2.39. The number of likely N-dealkylation sites (tertiary alicyclic amines) is 1. The molecule has 0 atom stereocenters. The monoisotopic (exact) mass is 259 g/mol. The molecule has 0 radical (unpaired) electrons. The maximum Gasteiger partial charge on any atom is 0.321 e. The van der Waals surface area contributed by atoms with E-state index < -0.39 is 0 Å². The number of nitrogens with zero attached hydrogens (tertiary/aromatic N) is 2. The Morgan fingerprint density at radius 2 is 1.79 bits per heavy atom. The normalized spacial score (nSPS) is 15.3. The Kier molecular flexibility index (Phi) is 4.10. The van der Waals surface area contributed by atoms with E-state index in [4.69, 9.17) is 0 Å². The average Bonchev–Trinajstić information content (AvgIpc) is 2.40. The second kappa shape index (κ2) is 5.78. The van der Waals surface area contributed by atoms with Gasteiger partial charge in [0.15, 0.2) is 0 Å². The van der Waals surface area contributed by atoms with Gasteiger partial charge < -0.3 is 15.1 Å². The zero-order chi connectivity index (χ0) is 13.8. The number of amides is 2. The summed E-state index contributed by atoms with van der Waals surface area (Å²) in [6, 6.07) is 7.82. The number of hydrogen-bond acceptors (Lipinski definition) is 2. The van der Waals surface area contributed by atoms with Crippen LogP contribution in [0.15, 0.2) is 36.4 Å². The van der Waals surface area contributed by atoms with E-state index in [9.17, 15) is 4.79 Å². The van der Waals surface area contributed by atoms with Gasteiger partial charge in [0.1, 0.15) is 0 Å². The molecule has 0 saturated carbocycles. The van der Waals surface area contributed by atoms with Crippen molar-refractivity contribution >= 4 is 17.4 Å². The number of nitrogens with one attached hydrogen (secondary N) is 1. The number of urea groups is 1. The van der Waals surface area contributed by atoms with Crippen LogP contribution >= 0.6 is 0 Å². The van der Waals surface area contributed by atoms with E-state index in [-0.39, 0.29) is 6.03 Å². The first kappa shape index (κ1) is 13.5. The molecule has 1 aromatic carbocycles. The lowest BCUT2D eigenvalue weighted by molar-refractivity contribution is 0.207. The molecule has 1 N–H and O–H groups in total. The molecule has 1 fully saturated rings. The number of benzene rings is 1. The fourth-order valence-electron chi connectivity index (χ4n) is 2.07. The molecule has 0 spiro atoms. The first-order chi connectivity index (χ1) is 9.06. The summed E-state index contributed by atoms with van der Waals surface area (Å²) in [4.78, 5) is 15.9. The maximum absolute atomic E-state index is 12.1. The van der Waals surface area contributed by atoms with Gasteiger partial charge in [0.25, 0.3) is 0 Å². The van der Waals surface area contributed by atoms with Crippen LogP contribution in [-0.2, 0) is 0 Å². The Hall–Kier alpha value is -1.97. The van der Waals surface area contributed by atoms with Crippen molar-refractivity contribution in [2.45, 2.75) is 12.8 Å². The van der Waals surface area contributed by atoms with E-state index in [1.54, 1.807) is 0 Å². The molecular weight excluding hydrogens is 238 g/mol. The number of carbonyl (C=O) groups is 1. The third-order valence-electron chi connectivity index (χ3n) is 3.39. The van der Waals surface area contributed by atoms with Crippen LogP contribution in [0.1, 0.15) is 12.8 Å². The average molecular weight is 259 g/mol. The minimum atomic E-state index is -0.0231. The first-order valence-corrected chi connectivity index (χ1v) is 6.56. The van der Waals surface area contributed by atoms with Crippen molar-refractivity contribution in [2.75, 3.05) is 37.4 Å². The molecule has 0 unspecified atom stereocenters. The number of carbonyl (C=O) groups excluding carboxylic acids is 1. The summed E-state index contributed by atoms with van der Waals surface area (Å²) in [5.41, 5.74) is 3.19. The van der Waals surface area contributed by atoms with Crippen molar-refractivity contribution in [2.24, 2.45) is 0 Å². The van der Waals surface area contributed by atoms with Crippen molar-refractivity contribution in [1.29, 1.82) is 0 Å². The Labute approximate surface area is 114 Å². The molecule has 2 rings (SSSR count). The number of rotatable bonds is 2. The van der Waals surface area contributed by atoms with Gasteiger partial charge >= 0.3 is 6.03 Å². The molecule has 1 aromatic rings. The Morgan fingerprint density at radius 3 is 2.32 bits per heavy atom. The molecule has 102 valence electrons. The van der Waals surface area contributed by atoms with Crippen LogP contribution in [-0.4, -0.2) is 38.1 Å². The molecule has 0 aromatic heterocycles. The van der Waals surface area contributed by atoms with Crippen molar-refractivity contribution in [1.82, 2.24) is 4.90 Å². The van der Waals surface area contributed by atoms with Gasteiger partial charge in [0, 0.05) is 38.6 Å². The van der Waals surface area contributed by atoms with Crippen molar-refractivity contribution < 1.29 is 4.79 Å². The quantitative estimate of drug-likeness (QED) is 0.829. The van der Waals surface area contributed by atoms with Crippen LogP contribution in [0.5, 0.6) is 0 Å². The van der Waals surface area contributed by atoms with Crippen molar-refractivity contribution in [3.8, 4) is 0 Å². The third-order valence-corrected chi connectivity index (χ3v) is 3.39. The molecule has 4 nitrogen and oxygen atoms in total. The zero-order valence-electron chi connectivity index (χ0n) is 11.6. The van der Waals surface area contributed by atoms with E-state index in [0.717, 1.165) is 37.3 Å². The minimum Gasteiger partial charge on any atom is -0.378 e. The van der Waals surface area contributed by atoms with E-state index in [1.165, 1.54) is 5.57 Å². The van der Waals surface area contributed by atoms with Gasteiger partial charge in [-0.05, 0) is 37.1 Å². The van der Waals surface area contributed by atoms with Crippen LogP contribution in [0.4, 0.5) is 16.2 Å². The van der Waals surface area contributed by atoms with Crippen LogP contribution < -0.4 is 10.2 Å². The molecule has 1 aliphatic rings. The Bertz CT molecular complexity index is 455. The molecule has 1 saturated heterocycles. The van der Waals surface area contributed by atoms with Crippen molar-refractivity contribution in [3.63, 3.8) is 0 Å². The summed E-state index contributed by atoms with van der Waals surface area (Å²) < 4.78 is 0. The molecule has 0 aliphatic carbocycles. The van der Waals surface area contributed by atoms with Gasteiger partial charge in [-0.15, -0.1) is 0 Å². The summed E-state index contributed by atoms with van der Waals surface area (Å²) >= 11 is 0. The summed E-state index contributed by atoms with van der Waals surface area (Å²) in [6.07, 6.45) is 1.82. The van der Waals surface area contributed by atoms with Gasteiger partial charge in [-0.25, -0.2) is 4.79 Å². The minimum absolute atomic E-state index is 0.0231. The van der Waals surface area contributed by atoms with Crippen LogP contribution in [0.3, 0.4) is 0 Å². The van der Waals surface area contributed by atoms with Crippen molar-refractivity contribution in [3.05, 3.63) is 36.4 Å². The second-order valence-corrected chi connectivity index (χ2v) is 5.11. The standard InChI is InChI=1S/C15H21N3O/c1-12-8-10-18(11-9-12)15(19)16-13-4-6-14(7-5-13)17(2)3/h4-7H,1,8-11H2,2-3H3,(H,16,19). The third kappa shape index (κ3) is 3.50. The molecule has 4 heteroatoms. The molecule has 1 heterocycles. The fraction of sp³-hybridized carbons (Fsp3) is 0.400. The predicted molar refractivity (Wildman–Crippen MR) is 79.7 cm³/mol. The number of hydrogen-bond donors (Lipinski definition) is 1. The van der Waals surface area contributed by atoms with E-state index in [0.29, 0.717) is 0 Å². The Morgan fingerprint density at radius 1 is 1.21 bits per heavy atom. The number of piperidine rings is 1. The summed E-state index contributed by atoms with van der Waals surface area (Å²) in [7, 11) is 3.99. The van der Waals surface area contributed by atoms with Gasteiger partial charge in [0.05, 0.1) is 0 Å². The lowest BCUT2D eigenvalue weighted by atomic mass is 10.1. The topological polar surface area (TPSA) is 35.6 Å². The summed E-state index contributed by atoms with van der Waals surface area (Å²) in [5, 5.41) is 2.93. The second-order valence-electron chi connectivity index (χ2n) is 5.11. The van der Waals surface area contributed by atoms with Gasteiger partial charge in [-0.2, -0.15) is 0 Å². The summed E-state index contributed by atoms with van der Waals surface area (Å²) in [5.74, 6) is 0. The van der Waals surface area contributed by atoms with Gasteiger partial charge in [-0.1, -0.05) is 12.2 Å². The molecular formula is C15H21N3O. The van der Waals surface area contributed by atoms with Crippen LogP contribution in [0, 0.1) is 0 Å². The van der Waals surface area contributed by atoms with Crippen LogP contribution in [0.25, 0.3) is 0 Å².